The molecule has 0 aliphatic carbocycles. The van der Waals surface area contributed by atoms with Crippen LogP contribution in [-0.2, 0) is 24.8 Å². The highest BCUT2D eigenvalue weighted by Gasteiger charge is 2.15. The zero-order valence-electron chi connectivity index (χ0n) is 16.2. The number of fused-ring (bicyclic) bond motifs is 3. The van der Waals surface area contributed by atoms with Gasteiger partial charge in [0.1, 0.15) is 0 Å². The van der Waals surface area contributed by atoms with E-state index in [2.05, 4.69) is 58.3 Å². The van der Waals surface area contributed by atoms with Gasteiger partial charge in [-0.05, 0) is 45.0 Å². The summed E-state index contributed by atoms with van der Waals surface area (Å²) in [4.78, 5) is 12.6. The minimum atomic E-state index is -0.0206. The molecule has 2 aromatic heterocycles. The van der Waals surface area contributed by atoms with E-state index >= 15 is 0 Å². The van der Waals surface area contributed by atoms with Gasteiger partial charge in [0.25, 0.3) is 0 Å². The monoisotopic (exact) mass is 360 g/mol. The Labute approximate surface area is 158 Å². The summed E-state index contributed by atoms with van der Waals surface area (Å²) in [5.41, 5.74) is 6.18. The van der Waals surface area contributed by atoms with Gasteiger partial charge < -0.3 is 9.88 Å². The number of amides is 1. The smallest absolute Gasteiger partial charge is 0.228 e. The van der Waals surface area contributed by atoms with E-state index in [9.17, 15) is 4.79 Å². The van der Waals surface area contributed by atoms with Crippen LogP contribution in [0.1, 0.15) is 23.9 Å². The first-order chi connectivity index (χ1) is 13.0. The van der Waals surface area contributed by atoms with Crippen molar-refractivity contribution in [3.8, 4) is 0 Å². The Morgan fingerprint density at radius 3 is 2.52 bits per heavy atom. The summed E-state index contributed by atoms with van der Waals surface area (Å²) in [6, 6.07) is 14.5. The average molecular weight is 360 g/mol. The fourth-order valence-electron chi connectivity index (χ4n) is 3.91. The lowest BCUT2D eigenvalue weighted by Crippen LogP contribution is -2.15. The molecule has 2 heterocycles. The number of anilines is 1. The molecule has 0 saturated carbocycles. The molecule has 0 radical (unpaired) electrons. The highest BCUT2D eigenvalue weighted by Crippen LogP contribution is 2.31. The molecule has 4 rings (SSSR count). The van der Waals surface area contributed by atoms with Crippen LogP contribution < -0.4 is 5.32 Å². The summed E-state index contributed by atoms with van der Waals surface area (Å²) in [6.07, 6.45) is 0.334. The molecule has 138 valence electrons. The van der Waals surface area contributed by atoms with E-state index in [4.69, 9.17) is 0 Å². The molecule has 0 aliphatic rings. The lowest BCUT2D eigenvalue weighted by molar-refractivity contribution is -0.115. The highest BCUT2D eigenvalue weighted by molar-refractivity contribution is 6.09. The summed E-state index contributed by atoms with van der Waals surface area (Å²) in [6.45, 7) is 7.00. The van der Waals surface area contributed by atoms with Crippen LogP contribution >= 0.6 is 0 Å². The Balaban J connectivity index is 1.66. The second kappa shape index (κ2) is 6.58. The number of para-hydroxylation sites is 1. The minimum absolute atomic E-state index is 0.0206. The van der Waals surface area contributed by atoms with Crippen molar-refractivity contribution in [2.24, 2.45) is 7.05 Å². The van der Waals surface area contributed by atoms with Gasteiger partial charge in [-0.3, -0.25) is 9.48 Å². The Morgan fingerprint density at radius 1 is 1.07 bits per heavy atom. The molecule has 27 heavy (non-hydrogen) atoms. The van der Waals surface area contributed by atoms with Crippen molar-refractivity contribution in [3.63, 3.8) is 0 Å². The van der Waals surface area contributed by atoms with E-state index in [0.29, 0.717) is 6.42 Å². The fourth-order valence-corrected chi connectivity index (χ4v) is 3.91. The number of nitrogens with zero attached hydrogens (tertiary/aromatic N) is 3. The second-order valence-corrected chi connectivity index (χ2v) is 6.99. The maximum atomic E-state index is 12.6. The van der Waals surface area contributed by atoms with Crippen LogP contribution in [-0.4, -0.2) is 20.3 Å². The third-order valence-corrected chi connectivity index (χ3v) is 5.37. The third-order valence-electron chi connectivity index (χ3n) is 5.37. The van der Waals surface area contributed by atoms with Gasteiger partial charge in [-0.1, -0.05) is 18.2 Å². The normalized spacial score (nSPS) is 11.4. The SMILES string of the molecule is CCn1c2ccccc2c2cc(NC(=O)Cc3c(C)nn(C)c3C)ccc21. The van der Waals surface area contributed by atoms with Crippen molar-refractivity contribution in [3.05, 3.63) is 59.4 Å². The molecule has 0 fully saturated rings. The van der Waals surface area contributed by atoms with Gasteiger partial charge in [0.15, 0.2) is 0 Å². The zero-order chi connectivity index (χ0) is 19.1. The number of carbonyl (C=O) groups is 1. The standard InChI is InChI=1S/C22H24N4O/c1-5-26-20-9-7-6-8-17(20)19-12-16(10-11-21(19)26)23-22(27)13-18-14(2)24-25(4)15(18)3/h6-12H,5,13H2,1-4H3,(H,23,27). The van der Waals surface area contributed by atoms with E-state index in [1.807, 2.05) is 31.6 Å². The van der Waals surface area contributed by atoms with Gasteiger partial charge in [0, 0.05) is 52.3 Å². The second-order valence-electron chi connectivity index (χ2n) is 6.99. The number of carbonyl (C=O) groups excluding carboxylic acids is 1. The van der Waals surface area contributed by atoms with Crippen LogP contribution in [0.2, 0.25) is 0 Å². The van der Waals surface area contributed by atoms with Crippen molar-refractivity contribution in [2.45, 2.75) is 33.7 Å². The van der Waals surface area contributed by atoms with Crippen LogP contribution in [0, 0.1) is 13.8 Å². The molecule has 1 amide bonds. The van der Waals surface area contributed by atoms with Gasteiger partial charge in [-0.25, -0.2) is 0 Å². The maximum absolute atomic E-state index is 12.6. The number of nitrogens with one attached hydrogen (secondary N) is 1. The van der Waals surface area contributed by atoms with E-state index in [-0.39, 0.29) is 5.91 Å². The predicted octanol–water partition coefficient (Wildman–Crippen LogP) is 4.35. The molecular formula is C22H24N4O. The molecule has 4 aromatic rings. The summed E-state index contributed by atoms with van der Waals surface area (Å²) in [5.74, 6) is -0.0206. The molecular weight excluding hydrogens is 336 g/mol. The quantitative estimate of drug-likeness (QED) is 0.588. The Bertz CT molecular complexity index is 1170. The van der Waals surface area contributed by atoms with Crippen LogP contribution in [0.4, 0.5) is 5.69 Å². The number of hydrogen-bond acceptors (Lipinski definition) is 2. The van der Waals surface area contributed by atoms with E-state index in [1.54, 1.807) is 0 Å². The highest BCUT2D eigenvalue weighted by atomic mass is 16.1. The van der Waals surface area contributed by atoms with E-state index < -0.39 is 0 Å². The van der Waals surface area contributed by atoms with Gasteiger partial charge in [0.2, 0.25) is 5.91 Å². The number of aryl methyl sites for hydroxylation is 3. The van der Waals surface area contributed by atoms with Crippen LogP contribution in [0.5, 0.6) is 0 Å². The van der Waals surface area contributed by atoms with Crippen molar-refractivity contribution in [2.75, 3.05) is 5.32 Å². The molecule has 0 aliphatic heterocycles. The summed E-state index contributed by atoms with van der Waals surface area (Å²) in [7, 11) is 1.90. The van der Waals surface area contributed by atoms with Gasteiger partial charge >= 0.3 is 0 Å². The van der Waals surface area contributed by atoms with Gasteiger partial charge in [-0.15, -0.1) is 0 Å². The first-order valence-electron chi connectivity index (χ1n) is 9.29. The van der Waals surface area contributed by atoms with Gasteiger partial charge in [-0.2, -0.15) is 5.10 Å². The molecule has 0 unspecified atom stereocenters. The summed E-state index contributed by atoms with van der Waals surface area (Å²) >= 11 is 0. The van der Waals surface area contributed by atoms with Crippen LogP contribution in [0.15, 0.2) is 42.5 Å². The van der Waals surface area contributed by atoms with Crippen LogP contribution in [0.25, 0.3) is 21.8 Å². The molecule has 0 spiro atoms. The third kappa shape index (κ3) is 2.89. The molecule has 0 atom stereocenters. The molecule has 2 aromatic carbocycles. The van der Waals surface area contributed by atoms with E-state index in [0.717, 1.165) is 29.2 Å². The lowest BCUT2D eigenvalue weighted by atomic mass is 10.1. The van der Waals surface area contributed by atoms with Gasteiger partial charge in [0.05, 0.1) is 12.1 Å². The Hall–Kier alpha value is -3.08. The minimum Gasteiger partial charge on any atom is -0.341 e. The number of benzene rings is 2. The Kier molecular flexibility index (Phi) is 4.22. The largest absolute Gasteiger partial charge is 0.341 e. The first-order valence-corrected chi connectivity index (χ1v) is 9.29. The Morgan fingerprint density at radius 2 is 1.81 bits per heavy atom. The average Bonchev–Trinajstić information content (AvgIpc) is 3.10. The topological polar surface area (TPSA) is 51.9 Å². The summed E-state index contributed by atoms with van der Waals surface area (Å²) in [5, 5.41) is 9.82. The molecule has 5 nitrogen and oxygen atoms in total. The molecule has 5 heteroatoms. The fraction of sp³-hybridized carbons (Fsp3) is 0.273. The first kappa shape index (κ1) is 17.3. The molecule has 0 saturated heterocycles. The van der Waals surface area contributed by atoms with Crippen molar-refractivity contribution >= 4 is 33.4 Å². The lowest BCUT2D eigenvalue weighted by Gasteiger charge is -2.07. The molecule has 0 bridgehead atoms. The number of hydrogen-bond donors (Lipinski definition) is 1. The van der Waals surface area contributed by atoms with E-state index in [1.165, 1.54) is 21.8 Å². The predicted molar refractivity (Wildman–Crippen MR) is 110 cm³/mol. The number of aromatic nitrogens is 3. The maximum Gasteiger partial charge on any atom is 0.228 e. The number of rotatable bonds is 4. The zero-order valence-corrected chi connectivity index (χ0v) is 16.2. The van der Waals surface area contributed by atoms with Crippen LogP contribution in [0.3, 0.4) is 0 Å². The van der Waals surface area contributed by atoms with Crippen molar-refractivity contribution in [1.82, 2.24) is 14.3 Å². The van der Waals surface area contributed by atoms with Crippen molar-refractivity contribution in [1.29, 1.82) is 0 Å². The van der Waals surface area contributed by atoms with Crippen molar-refractivity contribution < 1.29 is 4.79 Å². The molecule has 1 N–H and O–H groups in total. The summed E-state index contributed by atoms with van der Waals surface area (Å²) < 4.78 is 4.13.